The van der Waals surface area contributed by atoms with Crippen LogP contribution in [-0.4, -0.2) is 41.1 Å². The number of nitrogens with zero attached hydrogens (tertiary/aromatic N) is 1. The number of hydrogen-bond acceptors (Lipinski definition) is 2. The fourth-order valence-corrected chi connectivity index (χ4v) is 2.89. The summed E-state index contributed by atoms with van der Waals surface area (Å²) >= 11 is 0. The van der Waals surface area contributed by atoms with Gasteiger partial charge in [0.1, 0.15) is 0 Å². The summed E-state index contributed by atoms with van der Waals surface area (Å²) in [7, 11) is 0. The smallest absolute Gasteiger partial charge is 0.317 e. The third-order valence-electron chi connectivity index (χ3n) is 4.11. The van der Waals surface area contributed by atoms with Gasteiger partial charge in [0.05, 0.1) is 0 Å². The van der Waals surface area contributed by atoms with Crippen LogP contribution in [0.15, 0.2) is 0 Å². The lowest BCUT2D eigenvalue weighted by atomic mass is 9.94. The summed E-state index contributed by atoms with van der Waals surface area (Å²) in [5.74, 6) is -0.339. The standard InChI is InChI=1S/C15H28N2O3/c1-3-5-13(7-8-14(18)19)9-10-16-15(20)17-11-4-6-12(17)2/h12-13H,3-11H2,1-2H3,(H,16,20)(H,18,19). The molecule has 2 N–H and O–H groups in total. The zero-order chi connectivity index (χ0) is 15.0. The number of hydrogen-bond donors (Lipinski definition) is 2. The third kappa shape index (κ3) is 5.80. The van der Waals surface area contributed by atoms with Crippen LogP contribution in [0.1, 0.15) is 58.8 Å². The number of nitrogens with one attached hydrogen (secondary N) is 1. The molecule has 0 aromatic carbocycles. The molecule has 2 amide bonds. The van der Waals surface area contributed by atoms with E-state index in [1.807, 2.05) is 4.90 Å². The second-order valence-electron chi connectivity index (χ2n) is 5.79. The van der Waals surface area contributed by atoms with Gasteiger partial charge in [0.15, 0.2) is 0 Å². The van der Waals surface area contributed by atoms with E-state index in [0.717, 1.165) is 38.6 Å². The summed E-state index contributed by atoms with van der Waals surface area (Å²) < 4.78 is 0. The van der Waals surface area contributed by atoms with Crippen LogP contribution in [0.5, 0.6) is 0 Å². The van der Waals surface area contributed by atoms with E-state index in [4.69, 9.17) is 5.11 Å². The molecule has 5 heteroatoms. The average molecular weight is 284 g/mol. The molecule has 1 saturated heterocycles. The zero-order valence-corrected chi connectivity index (χ0v) is 12.7. The minimum absolute atomic E-state index is 0.0310. The number of rotatable bonds is 8. The molecule has 0 saturated carbocycles. The molecule has 0 aromatic heterocycles. The second kappa shape index (κ2) is 8.82. The van der Waals surface area contributed by atoms with Gasteiger partial charge in [-0.2, -0.15) is 0 Å². The van der Waals surface area contributed by atoms with Gasteiger partial charge in [-0.25, -0.2) is 4.79 Å². The molecule has 1 aliphatic rings. The molecule has 0 radical (unpaired) electrons. The summed E-state index contributed by atoms with van der Waals surface area (Å²) in [6, 6.07) is 0.372. The van der Waals surface area contributed by atoms with Crippen molar-refractivity contribution in [1.29, 1.82) is 0 Å². The molecule has 5 nitrogen and oxygen atoms in total. The average Bonchev–Trinajstić information content (AvgIpc) is 2.82. The van der Waals surface area contributed by atoms with Gasteiger partial charge in [0.25, 0.3) is 0 Å². The van der Waals surface area contributed by atoms with Crippen LogP contribution < -0.4 is 5.32 Å². The molecule has 0 aromatic rings. The van der Waals surface area contributed by atoms with Gasteiger partial charge in [-0.15, -0.1) is 0 Å². The van der Waals surface area contributed by atoms with Crippen molar-refractivity contribution in [3.05, 3.63) is 0 Å². The van der Waals surface area contributed by atoms with Crippen LogP contribution >= 0.6 is 0 Å². The number of carbonyl (C=O) groups excluding carboxylic acids is 1. The van der Waals surface area contributed by atoms with Crippen molar-refractivity contribution in [2.45, 2.75) is 64.8 Å². The topological polar surface area (TPSA) is 69.6 Å². The highest BCUT2D eigenvalue weighted by Crippen LogP contribution is 2.18. The molecule has 1 fully saturated rings. The van der Waals surface area contributed by atoms with Crippen molar-refractivity contribution in [2.75, 3.05) is 13.1 Å². The maximum atomic E-state index is 12.0. The van der Waals surface area contributed by atoms with Crippen molar-refractivity contribution in [3.8, 4) is 0 Å². The predicted molar refractivity (Wildman–Crippen MR) is 78.7 cm³/mol. The molecule has 1 aliphatic heterocycles. The van der Waals surface area contributed by atoms with E-state index >= 15 is 0 Å². The Balaban J connectivity index is 2.25. The number of carboxylic acid groups (broad SMARTS) is 1. The van der Waals surface area contributed by atoms with Crippen LogP contribution in [0, 0.1) is 5.92 Å². The van der Waals surface area contributed by atoms with E-state index in [1.165, 1.54) is 0 Å². The number of urea groups is 1. The summed E-state index contributed by atoms with van der Waals surface area (Å²) in [5, 5.41) is 11.7. The minimum atomic E-state index is -0.735. The van der Waals surface area contributed by atoms with Gasteiger partial charge >= 0.3 is 12.0 Å². The lowest BCUT2D eigenvalue weighted by molar-refractivity contribution is -0.137. The minimum Gasteiger partial charge on any atom is -0.481 e. The molecule has 1 heterocycles. The highest BCUT2D eigenvalue weighted by Gasteiger charge is 2.24. The summed E-state index contributed by atoms with van der Waals surface area (Å²) in [4.78, 5) is 24.5. The molecule has 116 valence electrons. The first kappa shape index (κ1) is 16.8. The van der Waals surface area contributed by atoms with E-state index in [0.29, 0.717) is 24.9 Å². The first-order valence-corrected chi connectivity index (χ1v) is 7.80. The Hall–Kier alpha value is -1.26. The monoisotopic (exact) mass is 284 g/mol. The Morgan fingerprint density at radius 1 is 1.35 bits per heavy atom. The summed E-state index contributed by atoms with van der Waals surface area (Å²) in [5.41, 5.74) is 0. The van der Waals surface area contributed by atoms with E-state index in [9.17, 15) is 9.59 Å². The first-order chi connectivity index (χ1) is 9.54. The number of carbonyl (C=O) groups is 2. The van der Waals surface area contributed by atoms with Crippen LogP contribution in [-0.2, 0) is 4.79 Å². The van der Waals surface area contributed by atoms with E-state index in [2.05, 4.69) is 19.2 Å². The largest absolute Gasteiger partial charge is 0.481 e. The Labute approximate surface area is 121 Å². The highest BCUT2D eigenvalue weighted by atomic mass is 16.4. The molecular formula is C15H28N2O3. The number of likely N-dealkylation sites (tertiary alicyclic amines) is 1. The summed E-state index contributed by atoms with van der Waals surface area (Å²) in [6.07, 6.45) is 6.07. The van der Waals surface area contributed by atoms with Crippen molar-refractivity contribution in [1.82, 2.24) is 10.2 Å². The van der Waals surface area contributed by atoms with Crippen LogP contribution in [0.2, 0.25) is 0 Å². The van der Waals surface area contributed by atoms with Crippen LogP contribution in [0.25, 0.3) is 0 Å². The van der Waals surface area contributed by atoms with Gasteiger partial charge in [-0.3, -0.25) is 4.79 Å². The molecule has 0 spiro atoms. The molecule has 0 bridgehead atoms. The molecule has 0 aliphatic carbocycles. The normalized spacial score (nSPS) is 19.9. The quantitative estimate of drug-likeness (QED) is 0.720. The third-order valence-corrected chi connectivity index (χ3v) is 4.11. The molecular weight excluding hydrogens is 256 g/mol. The van der Waals surface area contributed by atoms with Gasteiger partial charge in [0.2, 0.25) is 0 Å². The first-order valence-electron chi connectivity index (χ1n) is 7.80. The maximum Gasteiger partial charge on any atom is 0.317 e. The van der Waals surface area contributed by atoms with Gasteiger partial charge in [0, 0.05) is 25.6 Å². The van der Waals surface area contributed by atoms with Crippen LogP contribution in [0.4, 0.5) is 4.79 Å². The van der Waals surface area contributed by atoms with E-state index in [1.54, 1.807) is 0 Å². The Morgan fingerprint density at radius 3 is 2.65 bits per heavy atom. The molecule has 20 heavy (non-hydrogen) atoms. The fourth-order valence-electron chi connectivity index (χ4n) is 2.89. The van der Waals surface area contributed by atoms with Gasteiger partial charge in [-0.05, 0) is 38.5 Å². The number of carboxylic acids is 1. The van der Waals surface area contributed by atoms with Crippen LogP contribution in [0.3, 0.4) is 0 Å². The zero-order valence-electron chi connectivity index (χ0n) is 12.7. The Morgan fingerprint density at radius 2 is 2.10 bits per heavy atom. The second-order valence-corrected chi connectivity index (χ2v) is 5.79. The Kier molecular flexibility index (Phi) is 7.41. The molecule has 1 rings (SSSR count). The SMILES string of the molecule is CCCC(CCNC(=O)N1CCCC1C)CCC(=O)O. The van der Waals surface area contributed by atoms with Gasteiger partial charge < -0.3 is 15.3 Å². The molecule has 2 atom stereocenters. The van der Waals surface area contributed by atoms with Crippen molar-refractivity contribution in [2.24, 2.45) is 5.92 Å². The number of aliphatic carboxylic acids is 1. The number of amides is 2. The predicted octanol–water partition coefficient (Wildman–Crippen LogP) is 2.85. The van der Waals surface area contributed by atoms with Crippen molar-refractivity contribution in [3.63, 3.8) is 0 Å². The van der Waals surface area contributed by atoms with Crippen molar-refractivity contribution < 1.29 is 14.7 Å². The lowest BCUT2D eigenvalue weighted by Crippen LogP contribution is -2.42. The van der Waals surface area contributed by atoms with E-state index in [-0.39, 0.29) is 12.5 Å². The molecule has 2 unspecified atom stereocenters. The maximum absolute atomic E-state index is 12.0. The van der Waals surface area contributed by atoms with E-state index < -0.39 is 5.97 Å². The van der Waals surface area contributed by atoms with Gasteiger partial charge in [-0.1, -0.05) is 19.8 Å². The highest BCUT2D eigenvalue weighted by molar-refractivity contribution is 5.74. The lowest BCUT2D eigenvalue weighted by Gasteiger charge is -2.22. The summed E-state index contributed by atoms with van der Waals surface area (Å²) in [6.45, 7) is 5.69. The Bertz CT molecular complexity index is 320. The van der Waals surface area contributed by atoms with Crippen molar-refractivity contribution >= 4 is 12.0 Å². The fraction of sp³-hybridized carbons (Fsp3) is 0.867.